The Labute approximate surface area is 131 Å². The number of hydrogen-bond donors (Lipinski definition) is 1. The summed E-state index contributed by atoms with van der Waals surface area (Å²) in [6.07, 6.45) is 0. The molecule has 0 spiro atoms. The second-order valence-electron chi connectivity index (χ2n) is 3.71. The van der Waals surface area contributed by atoms with E-state index in [2.05, 4.69) is 37.2 Å². The van der Waals surface area contributed by atoms with E-state index in [4.69, 9.17) is 11.6 Å². The number of amides is 1. The molecule has 0 fully saturated rings. The molecule has 2 aromatic rings. The zero-order valence-electron chi connectivity index (χ0n) is 9.38. The van der Waals surface area contributed by atoms with Gasteiger partial charge in [0.25, 0.3) is 5.91 Å². The van der Waals surface area contributed by atoms with Crippen LogP contribution in [0.4, 0.5) is 10.1 Å². The highest BCUT2D eigenvalue weighted by atomic mass is 79.9. The monoisotopic (exact) mass is 405 g/mol. The summed E-state index contributed by atoms with van der Waals surface area (Å²) >= 11 is 12.4. The maximum Gasteiger partial charge on any atom is 0.258 e. The predicted octanol–water partition coefficient (Wildman–Crippen LogP) is 5.26. The van der Waals surface area contributed by atoms with Crippen LogP contribution in [0.1, 0.15) is 10.4 Å². The van der Waals surface area contributed by atoms with Crippen molar-refractivity contribution < 1.29 is 9.18 Å². The zero-order valence-corrected chi connectivity index (χ0v) is 13.3. The summed E-state index contributed by atoms with van der Waals surface area (Å²) in [7, 11) is 0. The summed E-state index contributed by atoms with van der Waals surface area (Å²) in [6.45, 7) is 0. The first-order valence-corrected chi connectivity index (χ1v) is 7.15. The van der Waals surface area contributed by atoms with Gasteiger partial charge in [0.1, 0.15) is 5.82 Å². The van der Waals surface area contributed by atoms with E-state index in [0.717, 1.165) is 4.47 Å². The minimum Gasteiger partial charge on any atom is -0.322 e. The number of halogens is 4. The molecule has 1 amide bonds. The summed E-state index contributed by atoms with van der Waals surface area (Å²) in [6, 6.07) is 9.14. The number of carbonyl (C=O) groups excluding carboxylic acids is 1. The molecular formula is C13H7Br2ClFNO. The summed E-state index contributed by atoms with van der Waals surface area (Å²) in [5.74, 6) is -1.11. The fourth-order valence-electron chi connectivity index (χ4n) is 1.44. The van der Waals surface area contributed by atoms with Crippen LogP contribution in [-0.2, 0) is 0 Å². The van der Waals surface area contributed by atoms with Crippen LogP contribution in [0.25, 0.3) is 0 Å². The first-order chi connectivity index (χ1) is 8.97. The van der Waals surface area contributed by atoms with Gasteiger partial charge in [-0.2, -0.15) is 0 Å². The third kappa shape index (κ3) is 3.55. The molecule has 0 aliphatic heterocycles. The highest BCUT2D eigenvalue weighted by Crippen LogP contribution is 2.26. The fraction of sp³-hybridized carbons (Fsp3) is 0. The maximum absolute atomic E-state index is 13.6. The normalized spacial score (nSPS) is 10.3. The van der Waals surface area contributed by atoms with E-state index >= 15 is 0 Å². The minimum absolute atomic E-state index is 0.0339. The van der Waals surface area contributed by atoms with Gasteiger partial charge in [0, 0.05) is 14.6 Å². The molecule has 0 saturated carbocycles. The van der Waals surface area contributed by atoms with Crippen molar-refractivity contribution in [2.45, 2.75) is 0 Å². The molecule has 0 bridgehead atoms. The molecule has 2 nitrogen and oxygen atoms in total. The predicted molar refractivity (Wildman–Crippen MR) is 81.2 cm³/mol. The Morgan fingerprint density at radius 3 is 2.58 bits per heavy atom. The third-order valence-corrected chi connectivity index (χ3v) is 4.08. The van der Waals surface area contributed by atoms with Crippen molar-refractivity contribution in [2.75, 3.05) is 5.32 Å². The number of carbonyl (C=O) groups is 1. The lowest BCUT2D eigenvalue weighted by atomic mass is 10.2. The summed E-state index contributed by atoms with van der Waals surface area (Å²) < 4.78 is 14.9. The molecule has 0 saturated heterocycles. The Kier molecular flexibility index (Phi) is 4.60. The highest BCUT2D eigenvalue weighted by Gasteiger charge is 2.12. The van der Waals surface area contributed by atoms with Gasteiger partial charge in [-0.15, -0.1) is 0 Å². The van der Waals surface area contributed by atoms with E-state index < -0.39 is 11.7 Å². The van der Waals surface area contributed by atoms with Gasteiger partial charge in [0.2, 0.25) is 0 Å². The van der Waals surface area contributed by atoms with Crippen LogP contribution in [0.2, 0.25) is 5.02 Å². The fourth-order valence-corrected chi connectivity index (χ4v) is 2.23. The Balaban J connectivity index is 2.25. The maximum atomic E-state index is 13.6. The van der Waals surface area contributed by atoms with Gasteiger partial charge in [-0.25, -0.2) is 4.39 Å². The van der Waals surface area contributed by atoms with Crippen molar-refractivity contribution in [3.8, 4) is 0 Å². The van der Waals surface area contributed by atoms with Crippen molar-refractivity contribution in [1.29, 1.82) is 0 Å². The van der Waals surface area contributed by atoms with Crippen molar-refractivity contribution in [3.63, 3.8) is 0 Å². The van der Waals surface area contributed by atoms with E-state index in [1.54, 1.807) is 18.2 Å². The molecular weight excluding hydrogens is 400 g/mol. The molecule has 0 heterocycles. The van der Waals surface area contributed by atoms with Gasteiger partial charge >= 0.3 is 0 Å². The van der Waals surface area contributed by atoms with Gasteiger partial charge in [-0.3, -0.25) is 4.79 Å². The van der Waals surface area contributed by atoms with E-state index in [9.17, 15) is 9.18 Å². The van der Waals surface area contributed by atoms with Crippen LogP contribution in [0, 0.1) is 5.82 Å². The second-order valence-corrected chi connectivity index (χ2v) is 5.88. The Morgan fingerprint density at radius 1 is 1.16 bits per heavy atom. The molecule has 2 rings (SSSR count). The number of rotatable bonds is 2. The van der Waals surface area contributed by atoms with Crippen molar-refractivity contribution in [3.05, 3.63) is 61.7 Å². The largest absolute Gasteiger partial charge is 0.322 e. The molecule has 0 aliphatic carbocycles. The molecule has 2 aromatic carbocycles. The van der Waals surface area contributed by atoms with Crippen molar-refractivity contribution in [1.82, 2.24) is 0 Å². The molecule has 0 atom stereocenters. The third-order valence-electron chi connectivity index (χ3n) is 2.35. The Hall–Kier alpha value is -0.910. The molecule has 1 N–H and O–H groups in total. The topological polar surface area (TPSA) is 29.1 Å². The number of anilines is 1. The summed E-state index contributed by atoms with van der Waals surface area (Å²) in [4.78, 5) is 12.0. The molecule has 98 valence electrons. The van der Waals surface area contributed by atoms with E-state index in [1.807, 2.05) is 0 Å². The average Bonchev–Trinajstić information content (AvgIpc) is 2.36. The number of hydrogen-bond acceptors (Lipinski definition) is 1. The second kappa shape index (κ2) is 6.03. The SMILES string of the molecule is O=C(Nc1ccc(Br)c(Cl)c1)c1cc(Br)ccc1F. The first-order valence-electron chi connectivity index (χ1n) is 5.19. The lowest BCUT2D eigenvalue weighted by molar-refractivity contribution is 0.102. The quantitative estimate of drug-likeness (QED) is 0.723. The van der Waals surface area contributed by atoms with Crippen LogP contribution in [0.3, 0.4) is 0 Å². The van der Waals surface area contributed by atoms with Crippen molar-refractivity contribution in [2.24, 2.45) is 0 Å². The zero-order chi connectivity index (χ0) is 14.0. The lowest BCUT2D eigenvalue weighted by Gasteiger charge is -2.07. The molecule has 0 aliphatic rings. The van der Waals surface area contributed by atoms with Crippen LogP contribution >= 0.6 is 43.5 Å². The summed E-state index contributed by atoms with van der Waals surface area (Å²) in [5.41, 5.74) is 0.464. The number of nitrogens with one attached hydrogen (secondary N) is 1. The van der Waals surface area contributed by atoms with Crippen molar-refractivity contribution >= 4 is 55.1 Å². The average molecular weight is 407 g/mol. The molecule has 19 heavy (non-hydrogen) atoms. The Bertz CT molecular complexity index is 649. The van der Waals surface area contributed by atoms with Gasteiger partial charge in [-0.1, -0.05) is 27.5 Å². The van der Waals surface area contributed by atoms with Gasteiger partial charge < -0.3 is 5.32 Å². The first kappa shape index (κ1) is 14.5. The van der Waals surface area contributed by atoms with Crippen LogP contribution in [-0.4, -0.2) is 5.91 Å². The lowest BCUT2D eigenvalue weighted by Crippen LogP contribution is -2.13. The molecule has 0 radical (unpaired) electrons. The Morgan fingerprint density at radius 2 is 1.89 bits per heavy atom. The molecule has 6 heteroatoms. The van der Waals surface area contributed by atoms with Gasteiger partial charge in [0.15, 0.2) is 0 Å². The van der Waals surface area contributed by atoms with Gasteiger partial charge in [0.05, 0.1) is 10.6 Å². The standard InChI is InChI=1S/C13H7Br2ClFNO/c14-7-1-4-12(17)9(5-7)13(19)18-8-2-3-10(15)11(16)6-8/h1-6H,(H,18,19). The van der Waals surface area contributed by atoms with E-state index in [-0.39, 0.29) is 5.56 Å². The highest BCUT2D eigenvalue weighted by molar-refractivity contribution is 9.10. The number of benzene rings is 2. The smallest absolute Gasteiger partial charge is 0.258 e. The van der Waals surface area contributed by atoms with Crippen LogP contribution in [0.15, 0.2) is 45.3 Å². The molecule has 0 aromatic heterocycles. The summed E-state index contributed by atoms with van der Waals surface area (Å²) in [5, 5.41) is 3.05. The van der Waals surface area contributed by atoms with E-state index in [0.29, 0.717) is 15.2 Å². The van der Waals surface area contributed by atoms with Crippen LogP contribution in [0.5, 0.6) is 0 Å². The van der Waals surface area contributed by atoms with E-state index in [1.165, 1.54) is 18.2 Å². The molecule has 0 unspecified atom stereocenters. The van der Waals surface area contributed by atoms with Gasteiger partial charge in [-0.05, 0) is 52.3 Å². The van der Waals surface area contributed by atoms with Crippen LogP contribution < -0.4 is 5.32 Å². The minimum atomic E-state index is -0.580.